The fraction of sp³-hybridized carbons (Fsp3) is 0.263. The number of hydrogen-bond acceptors (Lipinski definition) is 4. The van der Waals surface area contributed by atoms with E-state index in [4.69, 9.17) is 9.47 Å². The summed E-state index contributed by atoms with van der Waals surface area (Å²) < 4.78 is 12.1. The third kappa shape index (κ3) is 3.49. The first-order chi connectivity index (χ1) is 11.5. The summed E-state index contributed by atoms with van der Waals surface area (Å²) in [5.74, 6) is 0.185. The maximum absolute atomic E-state index is 11.8. The lowest BCUT2D eigenvalue weighted by molar-refractivity contribution is -0.137. The fourth-order valence-corrected chi connectivity index (χ4v) is 2.56. The zero-order valence-corrected chi connectivity index (χ0v) is 14.3. The van der Waals surface area contributed by atoms with Crippen LogP contribution in [0.2, 0.25) is 0 Å². The molecule has 0 amide bonds. The van der Waals surface area contributed by atoms with Crippen LogP contribution < -0.4 is 4.74 Å². The molecule has 0 N–H and O–H groups in total. The minimum absolute atomic E-state index is 0.00756. The number of benzene rings is 1. The zero-order chi connectivity index (χ0) is 17.7. The Hall–Kier alpha value is -3.00. The number of carbonyl (C=O) groups is 1. The highest BCUT2D eigenvalue weighted by Gasteiger charge is 2.14. The van der Waals surface area contributed by atoms with Crippen molar-refractivity contribution in [2.45, 2.75) is 20.8 Å². The number of ether oxygens (including phenoxy) is 2. The van der Waals surface area contributed by atoms with E-state index < -0.39 is 5.97 Å². The van der Waals surface area contributed by atoms with Crippen molar-refractivity contribution >= 4 is 12.0 Å². The van der Waals surface area contributed by atoms with E-state index in [1.165, 1.54) is 0 Å². The standard InChI is InChI=1S/C19H20N2O3/c1-5-24-19(22)16(12-20)11-15-10-13(2)21(14(15)3)17-6-8-18(23-4)9-7-17/h6-11H,5H2,1-4H3/b16-11+. The molecule has 0 fully saturated rings. The highest BCUT2D eigenvalue weighted by atomic mass is 16.5. The molecule has 5 heteroatoms. The molecule has 2 aromatic rings. The summed E-state index contributed by atoms with van der Waals surface area (Å²) in [5.41, 5.74) is 3.74. The Morgan fingerprint density at radius 1 is 1.29 bits per heavy atom. The van der Waals surface area contributed by atoms with E-state index in [0.717, 1.165) is 28.4 Å². The Bertz CT molecular complexity index is 808. The van der Waals surface area contributed by atoms with E-state index in [1.807, 2.05) is 50.2 Å². The highest BCUT2D eigenvalue weighted by molar-refractivity contribution is 5.98. The number of esters is 1. The van der Waals surface area contributed by atoms with Crippen molar-refractivity contribution in [2.24, 2.45) is 0 Å². The summed E-state index contributed by atoms with van der Waals surface area (Å²) >= 11 is 0. The van der Waals surface area contributed by atoms with Gasteiger partial charge in [0.05, 0.1) is 13.7 Å². The zero-order valence-electron chi connectivity index (χ0n) is 14.3. The van der Waals surface area contributed by atoms with Gasteiger partial charge in [0.1, 0.15) is 17.4 Å². The Morgan fingerprint density at radius 3 is 2.50 bits per heavy atom. The van der Waals surface area contributed by atoms with Crippen LogP contribution in [0.4, 0.5) is 0 Å². The number of rotatable bonds is 5. The van der Waals surface area contributed by atoms with Crippen LogP contribution >= 0.6 is 0 Å². The monoisotopic (exact) mass is 324 g/mol. The third-order valence-corrected chi connectivity index (χ3v) is 3.72. The van der Waals surface area contributed by atoms with E-state index in [1.54, 1.807) is 20.1 Å². The minimum Gasteiger partial charge on any atom is -0.497 e. The van der Waals surface area contributed by atoms with E-state index in [-0.39, 0.29) is 12.2 Å². The first-order valence-electron chi connectivity index (χ1n) is 7.64. The lowest BCUT2D eigenvalue weighted by Crippen LogP contribution is -2.06. The van der Waals surface area contributed by atoms with Crippen molar-refractivity contribution in [3.63, 3.8) is 0 Å². The van der Waals surface area contributed by atoms with Gasteiger partial charge in [-0.1, -0.05) is 0 Å². The predicted octanol–water partition coefficient (Wildman–Crippen LogP) is 3.57. The van der Waals surface area contributed by atoms with Gasteiger partial charge in [-0.05, 0) is 62.7 Å². The van der Waals surface area contributed by atoms with E-state index in [2.05, 4.69) is 4.57 Å². The second kappa shape index (κ2) is 7.51. The van der Waals surface area contributed by atoms with Gasteiger partial charge in [-0.25, -0.2) is 4.79 Å². The molecule has 1 heterocycles. The summed E-state index contributed by atoms with van der Waals surface area (Å²) in [7, 11) is 1.63. The van der Waals surface area contributed by atoms with Crippen molar-refractivity contribution in [1.29, 1.82) is 5.26 Å². The van der Waals surface area contributed by atoms with Crippen LogP contribution in [0.5, 0.6) is 5.75 Å². The van der Waals surface area contributed by atoms with E-state index in [0.29, 0.717) is 0 Å². The van der Waals surface area contributed by atoms with Crippen LogP contribution in [0.3, 0.4) is 0 Å². The normalized spacial score (nSPS) is 11.0. The van der Waals surface area contributed by atoms with Crippen molar-refractivity contribution in [1.82, 2.24) is 4.57 Å². The largest absolute Gasteiger partial charge is 0.497 e. The summed E-state index contributed by atoms with van der Waals surface area (Å²) in [5, 5.41) is 9.19. The topological polar surface area (TPSA) is 64.2 Å². The Kier molecular flexibility index (Phi) is 5.43. The van der Waals surface area contributed by atoms with Gasteiger partial charge in [0.15, 0.2) is 0 Å². The highest BCUT2D eigenvalue weighted by Crippen LogP contribution is 2.24. The molecule has 0 spiro atoms. The molecule has 0 aliphatic heterocycles. The van der Waals surface area contributed by atoms with E-state index >= 15 is 0 Å². The molecular formula is C19H20N2O3. The summed E-state index contributed by atoms with van der Waals surface area (Å²) in [6.07, 6.45) is 1.57. The molecule has 1 aromatic heterocycles. The fourth-order valence-electron chi connectivity index (χ4n) is 2.56. The van der Waals surface area contributed by atoms with Gasteiger partial charge in [0.2, 0.25) is 0 Å². The molecule has 0 bridgehead atoms. The SMILES string of the molecule is CCOC(=O)/C(C#N)=C/c1cc(C)n(-c2ccc(OC)cc2)c1C. The van der Waals surface area contributed by atoms with Crippen molar-refractivity contribution < 1.29 is 14.3 Å². The molecule has 0 atom stereocenters. The Morgan fingerprint density at radius 2 is 1.96 bits per heavy atom. The van der Waals surface area contributed by atoms with Gasteiger partial charge in [0.25, 0.3) is 0 Å². The van der Waals surface area contributed by atoms with Gasteiger partial charge in [-0.2, -0.15) is 5.26 Å². The number of aromatic nitrogens is 1. The first kappa shape index (κ1) is 17.4. The molecule has 2 rings (SSSR count). The maximum atomic E-state index is 11.8. The number of carbonyl (C=O) groups excluding carboxylic acids is 1. The van der Waals surface area contributed by atoms with Crippen LogP contribution in [0, 0.1) is 25.2 Å². The lowest BCUT2D eigenvalue weighted by atomic mass is 10.1. The molecule has 1 aromatic carbocycles. The number of methoxy groups -OCH3 is 1. The molecular weight excluding hydrogens is 304 g/mol. The first-order valence-corrected chi connectivity index (χ1v) is 7.64. The van der Waals surface area contributed by atoms with Crippen LogP contribution in [0.25, 0.3) is 11.8 Å². The number of hydrogen-bond donors (Lipinski definition) is 0. The molecule has 5 nitrogen and oxygen atoms in total. The average Bonchev–Trinajstić information content (AvgIpc) is 2.86. The summed E-state index contributed by atoms with van der Waals surface area (Å²) in [6, 6.07) is 11.6. The Balaban J connectivity index is 2.45. The third-order valence-electron chi connectivity index (χ3n) is 3.72. The second-order valence-corrected chi connectivity index (χ2v) is 5.25. The molecule has 0 aliphatic rings. The van der Waals surface area contributed by atoms with Crippen molar-refractivity contribution in [3.8, 4) is 17.5 Å². The molecule has 24 heavy (non-hydrogen) atoms. The number of nitriles is 1. The van der Waals surface area contributed by atoms with Gasteiger partial charge in [0, 0.05) is 17.1 Å². The quantitative estimate of drug-likeness (QED) is 0.479. The van der Waals surface area contributed by atoms with Gasteiger partial charge in [-0.3, -0.25) is 0 Å². The molecule has 0 aliphatic carbocycles. The predicted molar refractivity (Wildman–Crippen MR) is 92.0 cm³/mol. The van der Waals surface area contributed by atoms with Crippen LogP contribution in [0.15, 0.2) is 35.9 Å². The maximum Gasteiger partial charge on any atom is 0.348 e. The van der Waals surface area contributed by atoms with Crippen LogP contribution in [-0.4, -0.2) is 24.3 Å². The lowest BCUT2D eigenvalue weighted by Gasteiger charge is -2.10. The summed E-state index contributed by atoms with van der Waals surface area (Å²) in [6.45, 7) is 5.87. The van der Waals surface area contributed by atoms with Crippen molar-refractivity contribution in [3.05, 3.63) is 52.9 Å². The van der Waals surface area contributed by atoms with Gasteiger partial charge < -0.3 is 14.0 Å². The Labute approximate surface area is 141 Å². The minimum atomic E-state index is -0.603. The molecule has 0 radical (unpaired) electrons. The average molecular weight is 324 g/mol. The summed E-state index contributed by atoms with van der Waals surface area (Å²) in [4.78, 5) is 11.8. The van der Waals surface area contributed by atoms with Crippen molar-refractivity contribution in [2.75, 3.05) is 13.7 Å². The van der Waals surface area contributed by atoms with Gasteiger partial charge >= 0.3 is 5.97 Å². The number of nitrogens with zero attached hydrogens (tertiary/aromatic N) is 2. The molecule has 124 valence electrons. The van der Waals surface area contributed by atoms with Gasteiger partial charge in [-0.15, -0.1) is 0 Å². The smallest absolute Gasteiger partial charge is 0.348 e. The van der Waals surface area contributed by atoms with Crippen LogP contribution in [-0.2, 0) is 9.53 Å². The van der Waals surface area contributed by atoms with Crippen LogP contribution in [0.1, 0.15) is 23.9 Å². The van der Waals surface area contributed by atoms with E-state index in [9.17, 15) is 10.1 Å². The molecule has 0 saturated carbocycles. The molecule has 0 unspecified atom stereocenters. The number of aryl methyl sites for hydroxylation is 1. The molecule has 0 saturated heterocycles. The second-order valence-electron chi connectivity index (χ2n) is 5.25.